The molecule has 7 nitrogen and oxygen atoms in total. The zero-order chi connectivity index (χ0) is 17.3. The lowest BCUT2D eigenvalue weighted by molar-refractivity contribution is -0.141. The maximum atomic E-state index is 12.7. The second-order valence-corrected chi connectivity index (χ2v) is 6.09. The molecule has 1 saturated heterocycles. The Morgan fingerprint density at radius 3 is 2.79 bits per heavy atom. The maximum Gasteiger partial charge on any atom is 0.435 e. The number of halogens is 3. The van der Waals surface area contributed by atoms with Crippen LogP contribution in [0.25, 0.3) is 0 Å². The van der Waals surface area contributed by atoms with Gasteiger partial charge in [0.05, 0.1) is 12.6 Å². The highest BCUT2D eigenvalue weighted by molar-refractivity contribution is 5.23. The van der Waals surface area contributed by atoms with Crippen LogP contribution in [0.4, 0.5) is 19.1 Å². The second kappa shape index (κ2) is 6.42. The monoisotopic (exact) mass is 344 g/mol. The summed E-state index contributed by atoms with van der Waals surface area (Å²) in [7, 11) is 3.64. The third-order valence-corrected chi connectivity index (χ3v) is 3.97. The number of nitrogens with zero attached hydrogens (tertiary/aromatic N) is 6. The van der Waals surface area contributed by atoms with Gasteiger partial charge in [-0.25, -0.2) is 0 Å². The Bertz CT molecular complexity index is 680. The minimum absolute atomic E-state index is 0.0916. The van der Waals surface area contributed by atoms with Crippen molar-refractivity contribution in [2.75, 3.05) is 32.1 Å². The highest BCUT2D eigenvalue weighted by Crippen LogP contribution is 2.29. The van der Waals surface area contributed by atoms with Crippen molar-refractivity contribution < 1.29 is 17.7 Å². The molecule has 2 aromatic rings. The van der Waals surface area contributed by atoms with Crippen LogP contribution in [0.1, 0.15) is 30.5 Å². The number of anilines is 1. The van der Waals surface area contributed by atoms with Gasteiger partial charge in [0.15, 0.2) is 5.69 Å². The van der Waals surface area contributed by atoms with E-state index in [0.717, 1.165) is 25.5 Å². The van der Waals surface area contributed by atoms with E-state index in [1.807, 2.05) is 14.1 Å². The summed E-state index contributed by atoms with van der Waals surface area (Å²) in [4.78, 5) is 8.11. The van der Waals surface area contributed by atoms with Crippen LogP contribution in [0.2, 0.25) is 0 Å². The van der Waals surface area contributed by atoms with Gasteiger partial charge >= 0.3 is 6.18 Å². The van der Waals surface area contributed by atoms with Crippen LogP contribution >= 0.6 is 0 Å². The predicted molar refractivity (Wildman–Crippen MR) is 79.4 cm³/mol. The molecule has 1 fully saturated rings. The molecular formula is C14H19F3N6O. The van der Waals surface area contributed by atoms with E-state index >= 15 is 0 Å². The fourth-order valence-corrected chi connectivity index (χ4v) is 2.77. The molecule has 1 aliphatic heterocycles. The van der Waals surface area contributed by atoms with Crippen LogP contribution in [0.15, 0.2) is 16.8 Å². The van der Waals surface area contributed by atoms with Crippen LogP contribution in [-0.2, 0) is 12.7 Å². The molecule has 3 rings (SSSR count). The molecule has 0 aromatic carbocycles. The van der Waals surface area contributed by atoms with Gasteiger partial charge in [-0.05, 0) is 30.6 Å². The van der Waals surface area contributed by atoms with Gasteiger partial charge in [-0.15, -0.1) is 0 Å². The Morgan fingerprint density at radius 1 is 1.38 bits per heavy atom. The van der Waals surface area contributed by atoms with Crippen LogP contribution in [0, 0.1) is 0 Å². The van der Waals surface area contributed by atoms with E-state index in [-0.39, 0.29) is 6.04 Å². The number of alkyl halides is 3. The highest BCUT2D eigenvalue weighted by atomic mass is 19.4. The Kier molecular flexibility index (Phi) is 4.48. The Balaban J connectivity index is 1.64. The molecule has 132 valence electrons. The first kappa shape index (κ1) is 16.7. The Morgan fingerprint density at radius 2 is 2.17 bits per heavy atom. The van der Waals surface area contributed by atoms with E-state index in [2.05, 4.69) is 20.1 Å². The zero-order valence-corrected chi connectivity index (χ0v) is 13.5. The lowest BCUT2D eigenvalue weighted by Crippen LogP contribution is -2.36. The molecule has 3 heterocycles. The number of hydrogen-bond acceptors (Lipinski definition) is 6. The van der Waals surface area contributed by atoms with Gasteiger partial charge in [0, 0.05) is 26.8 Å². The number of rotatable bonds is 4. The molecule has 24 heavy (non-hydrogen) atoms. The minimum atomic E-state index is -4.41. The van der Waals surface area contributed by atoms with Crippen molar-refractivity contribution in [2.45, 2.75) is 31.6 Å². The van der Waals surface area contributed by atoms with Crippen LogP contribution in [0.5, 0.6) is 0 Å². The van der Waals surface area contributed by atoms with Crippen molar-refractivity contribution in [3.8, 4) is 0 Å². The van der Waals surface area contributed by atoms with Crippen LogP contribution in [0.3, 0.4) is 0 Å². The van der Waals surface area contributed by atoms with E-state index < -0.39 is 11.9 Å². The van der Waals surface area contributed by atoms with Gasteiger partial charge in [-0.2, -0.15) is 23.3 Å². The molecule has 0 N–H and O–H groups in total. The van der Waals surface area contributed by atoms with Gasteiger partial charge in [0.2, 0.25) is 5.89 Å². The van der Waals surface area contributed by atoms with Crippen molar-refractivity contribution in [1.29, 1.82) is 0 Å². The van der Waals surface area contributed by atoms with Crippen molar-refractivity contribution in [3.05, 3.63) is 23.8 Å². The first-order chi connectivity index (χ1) is 11.3. The summed E-state index contributed by atoms with van der Waals surface area (Å²) in [6, 6.07) is 0.923. The standard InChI is InChI=1S/C14H19F3N6O/c1-21(2)13-18-12(24-20-13)9-22-6-3-4-10(8-22)23-7-5-11(19-23)14(15,16)17/h5,7,10H,3-4,6,8-9H2,1-2H3/t10-/m0/s1. The summed E-state index contributed by atoms with van der Waals surface area (Å²) in [6.45, 7) is 1.91. The third-order valence-electron chi connectivity index (χ3n) is 3.97. The second-order valence-electron chi connectivity index (χ2n) is 6.09. The summed E-state index contributed by atoms with van der Waals surface area (Å²) < 4.78 is 44.7. The van der Waals surface area contributed by atoms with Gasteiger partial charge in [0.25, 0.3) is 5.95 Å². The summed E-state index contributed by atoms with van der Waals surface area (Å²) in [5.74, 6) is 0.997. The number of likely N-dealkylation sites (tertiary alicyclic amines) is 1. The maximum absolute atomic E-state index is 12.7. The molecular weight excluding hydrogens is 325 g/mol. The molecule has 0 radical (unpaired) electrons. The molecule has 1 atom stereocenters. The number of aromatic nitrogens is 4. The molecule has 10 heteroatoms. The molecule has 0 unspecified atom stereocenters. The van der Waals surface area contributed by atoms with E-state index in [0.29, 0.717) is 24.9 Å². The fourth-order valence-electron chi connectivity index (χ4n) is 2.77. The van der Waals surface area contributed by atoms with Gasteiger partial charge in [0.1, 0.15) is 0 Å². The average Bonchev–Trinajstić information content (AvgIpc) is 3.16. The van der Waals surface area contributed by atoms with Gasteiger partial charge in [-0.1, -0.05) is 0 Å². The summed E-state index contributed by atoms with van der Waals surface area (Å²) in [5.41, 5.74) is -0.854. The van der Waals surface area contributed by atoms with E-state index in [1.165, 1.54) is 10.9 Å². The van der Waals surface area contributed by atoms with Crippen molar-refractivity contribution >= 4 is 5.95 Å². The summed E-state index contributed by atoms with van der Waals surface area (Å²) >= 11 is 0. The van der Waals surface area contributed by atoms with Crippen molar-refractivity contribution in [1.82, 2.24) is 24.8 Å². The Labute approximate surface area is 137 Å². The van der Waals surface area contributed by atoms with Gasteiger partial charge < -0.3 is 9.42 Å². The van der Waals surface area contributed by atoms with Crippen molar-refractivity contribution in [2.24, 2.45) is 0 Å². The van der Waals surface area contributed by atoms with E-state index in [4.69, 9.17) is 4.52 Å². The molecule has 2 aromatic heterocycles. The SMILES string of the molecule is CN(C)c1noc(CN2CCC[C@H](n3ccc(C(F)(F)F)n3)C2)n1. The first-order valence-electron chi connectivity index (χ1n) is 7.67. The zero-order valence-electron chi connectivity index (χ0n) is 13.5. The fraction of sp³-hybridized carbons (Fsp3) is 0.643. The largest absolute Gasteiger partial charge is 0.435 e. The number of piperidine rings is 1. The third kappa shape index (κ3) is 3.69. The molecule has 0 amide bonds. The first-order valence-corrected chi connectivity index (χ1v) is 7.67. The van der Waals surface area contributed by atoms with Crippen LogP contribution < -0.4 is 4.90 Å². The van der Waals surface area contributed by atoms with E-state index in [9.17, 15) is 13.2 Å². The predicted octanol–water partition coefficient (Wildman–Crippen LogP) is 2.19. The normalized spacial score (nSPS) is 19.6. The minimum Gasteiger partial charge on any atom is -0.344 e. The lowest BCUT2D eigenvalue weighted by Gasteiger charge is -2.31. The van der Waals surface area contributed by atoms with Gasteiger partial charge in [-0.3, -0.25) is 9.58 Å². The topological polar surface area (TPSA) is 63.2 Å². The smallest absolute Gasteiger partial charge is 0.344 e. The quantitative estimate of drug-likeness (QED) is 0.847. The molecule has 0 bridgehead atoms. The molecule has 0 spiro atoms. The van der Waals surface area contributed by atoms with E-state index in [1.54, 1.807) is 4.90 Å². The summed E-state index contributed by atoms with van der Waals surface area (Å²) in [5, 5.41) is 7.54. The molecule has 0 saturated carbocycles. The summed E-state index contributed by atoms with van der Waals surface area (Å²) in [6.07, 6.45) is -1.34. The lowest BCUT2D eigenvalue weighted by atomic mass is 10.1. The average molecular weight is 344 g/mol. The molecule has 1 aliphatic rings. The number of hydrogen-bond donors (Lipinski definition) is 0. The molecule has 0 aliphatic carbocycles. The van der Waals surface area contributed by atoms with Crippen molar-refractivity contribution in [3.63, 3.8) is 0 Å². The Hall–Kier alpha value is -2.10. The highest BCUT2D eigenvalue weighted by Gasteiger charge is 2.34. The van der Waals surface area contributed by atoms with Crippen LogP contribution in [-0.4, -0.2) is 52.0 Å².